The number of carbonyl (C=O) groups is 2. The minimum atomic E-state index is -1.81. The molecule has 0 saturated carbocycles. The molecule has 0 aromatic heterocycles. The van der Waals surface area contributed by atoms with Crippen molar-refractivity contribution in [3.63, 3.8) is 0 Å². The first-order valence-corrected chi connectivity index (χ1v) is 5.28. The molecule has 1 aromatic rings. The van der Waals surface area contributed by atoms with E-state index in [9.17, 15) is 23.5 Å². The molecule has 98 valence electrons. The molecule has 4 nitrogen and oxygen atoms in total. The van der Waals surface area contributed by atoms with E-state index in [0.29, 0.717) is 12.5 Å². The highest BCUT2D eigenvalue weighted by atomic mass is 19.1. The van der Waals surface area contributed by atoms with Crippen LogP contribution in [0.4, 0.5) is 8.78 Å². The molecule has 1 atom stereocenters. The van der Waals surface area contributed by atoms with Crippen LogP contribution in [0.25, 0.3) is 0 Å². The van der Waals surface area contributed by atoms with Gasteiger partial charge in [-0.15, -0.1) is 0 Å². The summed E-state index contributed by atoms with van der Waals surface area (Å²) in [6, 6.07) is 2.45. The molecule has 18 heavy (non-hydrogen) atoms. The Morgan fingerprint density at radius 3 is 2.22 bits per heavy atom. The Hall–Kier alpha value is -1.98. The van der Waals surface area contributed by atoms with Gasteiger partial charge in [-0.25, -0.2) is 13.6 Å². The summed E-state index contributed by atoms with van der Waals surface area (Å²) >= 11 is 0. The number of rotatable bonds is 5. The summed E-state index contributed by atoms with van der Waals surface area (Å²) in [6.07, 6.45) is 0.344. The minimum Gasteiger partial charge on any atom is -0.479 e. The van der Waals surface area contributed by atoms with Crippen LogP contribution in [0.3, 0.4) is 0 Å². The first-order valence-electron chi connectivity index (χ1n) is 5.28. The predicted octanol–water partition coefficient (Wildman–Crippen LogP) is 1.74. The fraction of sp³-hybridized carbons (Fsp3) is 0.333. The van der Waals surface area contributed by atoms with Crippen LogP contribution in [0.1, 0.15) is 19.4 Å². The van der Waals surface area contributed by atoms with Crippen LogP contribution in [0.5, 0.6) is 0 Å². The van der Waals surface area contributed by atoms with Gasteiger partial charge in [-0.2, -0.15) is 0 Å². The number of likely N-dealkylation sites (N-methyl/N-ethyl adjacent to an activating group) is 1. The van der Waals surface area contributed by atoms with Gasteiger partial charge in [-0.3, -0.25) is 4.79 Å². The van der Waals surface area contributed by atoms with Crippen molar-refractivity contribution < 1.29 is 23.5 Å². The molecule has 1 aromatic carbocycles. The third-order valence-corrected chi connectivity index (χ3v) is 2.88. The van der Waals surface area contributed by atoms with Gasteiger partial charge < -0.3 is 10.0 Å². The van der Waals surface area contributed by atoms with Crippen LogP contribution >= 0.6 is 0 Å². The smallest absolute Gasteiger partial charge is 0.334 e. The fourth-order valence-electron chi connectivity index (χ4n) is 1.74. The van der Waals surface area contributed by atoms with E-state index in [-0.39, 0.29) is 12.1 Å². The van der Waals surface area contributed by atoms with Gasteiger partial charge in [-0.05, 0) is 31.5 Å². The topological polar surface area (TPSA) is 57.6 Å². The minimum absolute atomic E-state index is 0.102. The maximum atomic E-state index is 13.2. The molecule has 0 bridgehead atoms. The number of carboxylic acids is 1. The molecule has 0 radical (unpaired) electrons. The number of aliphatic carboxylic acids is 1. The van der Waals surface area contributed by atoms with Crippen LogP contribution < -0.4 is 0 Å². The Balaban J connectivity index is 3.44. The van der Waals surface area contributed by atoms with Crippen LogP contribution in [0.2, 0.25) is 0 Å². The lowest BCUT2D eigenvalue weighted by Crippen LogP contribution is -2.49. The van der Waals surface area contributed by atoms with Crippen LogP contribution in [0.15, 0.2) is 18.2 Å². The van der Waals surface area contributed by atoms with Crippen molar-refractivity contribution in [1.29, 1.82) is 0 Å². The molecular weight excluding hydrogens is 244 g/mol. The number of carboxylic acid groups (broad SMARTS) is 1. The van der Waals surface area contributed by atoms with Crippen LogP contribution in [0, 0.1) is 11.6 Å². The van der Waals surface area contributed by atoms with Gasteiger partial charge in [-0.1, -0.05) is 0 Å². The number of carbonyl (C=O) groups excluding carboxylic acids is 1. The van der Waals surface area contributed by atoms with Gasteiger partial charge in [0.15, 0.2) is 5.54 Å². The molecule has 0 aliphatic carbocycles. The molecule has 1 N–H and O–H groups in total. The SMILES string of the molecule is CCN(C=O)C(C)(C(=O)O)c1cc(F)cc(F)c1. The van der Waals surface area contributed by atoms with E-state index in [1.165, 1.54) is 6.92 Å². The molecule has 1 amide bonds. The molecule has 0 aliphatic rings. The summed E-state index contributed by atoms with van der Waals surface area (Å²) in [6.45, 7) is 2.90. The number of hydrogen-bond acceptors (Lipinski definition) is 2. The first-order chi connectivity index (χ1) is 8.36. The summed E-state index contributed by atoms with van der Waals surface area (Å²) < 4.78 is 26.3. The van der Waals surface area contributed by atoms with Gasteiger partial charge in [0, 0.05) is 12.6 Å². The molecule has 0 fully saturated rings. The monoisotopic (exact) mass is 257 g/mol. The van der Waals surface area contributed by atoms with E-state index in [0.717, 1.165) is 17.0 Å². The zero-order chi connectivity index (χ0) is 13.9. The van der Waals surface area contributed by atoms with E-state index < -0.39 is 23.1 Å². The third kappa shape index (κ3) is 2.32. The van der Waals surface area contributed by atoms with Crippen LogP contribution in [-0.2, 0) is 15.1 Å². The first kappa shape index (κ1) is 14.1. The highest BCUT2D eigenvalue weighted by molar-refractivity contribution is 5.82. The Labute approximate surface area is 103 Å². The van der Waals surface area contributed by atoms with Gasteiger partial charge >= 0.3 is 5.97 Å². The van der Waals surface area contributed by atoms with Gasteiger partial charge in [0.05, 0.1) is 0 Å². The largest absolute Gasteiger partial charge is 0.479 e. The van der Waals surface area contributed by atoms with E-state index >= 15 is 0 Å². The molecule has 6 heteroatoms. The quantitative estimate of drug-likeness (QED) is 0.817. The van der Waals surface area contributed by atoms with E-state index in [4.69, 9.17) is 0 Å². The molecule has 1 rings (SSSR count). The van der Waals surface area contributed by atoms with Gasteiger partial charge in [0.2, 0.25) is 6.41 Å². The Morgan fingerprint density at radius 2 is 1.89 bits per heavy atom. The number of hydrogen-bond donors (Lipinski definition) is 1. The zero-order valence-corrected chi connectivity index (χ0v) is 9.98. The summed E-state index contributed by atoms with van der Waals surface area (Å²) in [5.41, 5.74) is -1.93. The standard InChI is InChI=1S/C12H13F2NO3/c1-3-15(7-16)12(2,11(17)18)8-4-9(13)6-10(14)5-8/h4-7H,3H2,1-2H3,(H,17,18). The van der Waals surface area contributed by atoms with Crippen molar-refractivity contribution in [2.75, 3.05) is 6.54 Å². The Kier molecular flexibility index (Phi) is 4.00. The van der Waals surface area contributed by atoms with Crippen molar-refractivity contribution in [2.45, 2.75) is 19.4 Å². The van der Waals surface area contributed by atoms with E-state index in [1.807, 2.05) is 0 Å². The second kappa shape index (κ2) is 5.12. The van der Waals surface area contributed by atoms with Gasteiger partial charge in [0.25, 0.3) is 0 Å². The molecule has 1 unspecified atom stereocenters. The lowest BCUT2D eigenvalue weighted by Gasteiger charge is -2.34. The number of nitrogens with zero attached hydrogens (tertiary/aromatic N) is 1. The van der Waals surface area contributed by atoms with E-state index in [2.05, 4.69) is 0 Å². The van der Waals surface area contributed by atoms with Crippen LogP contribution in [-0.4, -0.2) is 28.9 Å². The number of amides is 1. The molecule has 0 heterocycles. The molecule has 0 saturated heterocycles. The second-order valence-corrected chi connectivity index (χ2v) is 3.93. The molecule has 0 aliphatic heterocycles. The van der Waals surface area contributed by atoms with Crippen molar-refractivity contribution in [3.05, 3.63) is 35.4 Å². The zero-order valence-electron chi connectivity index (χ0n) is 9.98. The fourth-order valence-corrected chi connectivity index (χ4v) is 1.74. The van der Waals surface area contributed by atoms with Crippen molar-refractivity contribution in [2.24, 2.45) is 0 Å². The Bertz CT molecular complexity index is 458. The van der Waals surface area contributed by atoms with Gasteiger partial charge in [0.1, 0.15) is 11.6 Å². The average Bonchev–Trinajstić information content (AvgIpc) is 2.28. The maximum absolute atomic E-state index is 13.2. The summed E-state index contributed by atoms with van der Waals surface area (Å²) in [7, 11) is 0. The third-order valence-electron chi connectivity index (χ3n) is 2.88. The molecule has 0 spiro atoms. The lowest BCUT2D eigenvalue weighted by molar-refractivity contribution is -0.154. The van der Waals surface area contributed by atoms with Crippen molar-refractivity contribution in [3.8, 4) is 0 Å². The Morgan fingerprint density at radius 1 is 1.39 bits per heavy atom. The highest BCUT2D eigenvalue weighted by Gasteiger charge is 2.41. The summed E-state index contributed by atoms with van der Waals surface area (Å²) in [5, 5.41) is 9.25. The molecular formula is C12H13F2NO3. The predicted molar refractivity (Wildman–Crippen MR) is 59.8 cm³/mol. The summed E-state index contributed by atoms with van der Waals surface area (Å²) in [5.74, 6) is -3.14. The second-order valence-electron chi connectivity index (χ2n) is 3.93. The van der Waals surface area contributed by atoms with E-state index in [1.54, 1.807) is 6.92 Å². The highest BCUT2D eigenvalue weighted by Crippen LogP contribution is 2.28. The average molecular weight is 257 g/mol. The number of benzene rings is 1. The maximum Gasteiger partial charge on any atom is 0.334 e. The summed E-state index contributed by atoms with van der Waals surface area (Å²) in [4.78, 5) is 23.2. The van der Waals surface area contributed by atoms with Crippen molar-refractivity contribution >= 4 is 12.4 Å². The lowest BCUT2D eigenvalue weighted by atomic mass is 9.90. The van der Waals surface area contributed by atoms with Crippen molar-refractivity contribution in [1.82, 2.24) is 4.90 Å². The normalized spacial score (nSPS) is 13.8. The number of halogens is 2.